The van der Waals surface area contributed by atoms with Crippen LogP contribution in [0.5, 0.6) is 0 Å². The number of anilines is 1. The largest absolute Gasteiger partial charge is 0.481 e. The van der Waals surface area contributed by atoms with Crippen LogP contribution in [0.3, 0.4) is 0 Å². The lowest BCUT2D eigenvalue weighted by molar-refractivity contribution is -0.136. The van der Waals surface area contributed by atoms with Crippen molar-refractivity contribution in [1.82, 2.24) is 4.31 Å². The minimum atomic E-state index is -3.70. The van der Waals surface area contributed by atoms with Crippen LogP contribution in [0.4, 0.5) is 5.69 Å². The highest BCUT2D eigenvalue weighted by atomic mass is 35.5. The summed E-state index contributed by atoms with van der Waals surface area (Å²) in [6.07, 6.45) is -0.213. The molecule has 0 atom stereocenters. The molecule has 28 heavy (non-hydrogen) atoms. The van der Waals surface area contributed by atoms with Gasteiger partial charge in [-0.05, 0) is 48.4 Å². The van der Waals surface area contributed by atoms with E-state index in [4.69, 9.17) is 28.3 Å². The monoisotopic (exact) mass is 442 g/mol. The molecule has 0 saturated carbocycles. The van der Waals surface area contributed by atoms with E-state index in [9.17, 15) is 13.2 Å². The molecule has 0 bridgehead atoms. The van der Waals surface area contributed by atoms with Crippen molar-refractivity contribution in [2.24, 2.45) is 0 Å². The van der Waals surface area contributed by atoms with Gasteiger partial charge in [-0.1, -0.05) is 29.3 Å². The van der Waals surface area contributed by atoms with Crippen molar-refractivity contribution in [3.05, 3.63) is 57.6 Å². The third kappa shape index (κ3) is 4.60. The minimum Gasteiger partial charge on any atom is -0.481 e. The van der Waals surface area contributed by atoms with E-state index >= 15 is 0 Å². The molecule has 2 aromatic rings. The second-order valence-electron chi connectivity index (χ2n) is 6.71. The van der Waals surface area contributed by atoms with Gasteiger partial charge in [-0.2, -0.15) is 4.31 Å². The second kappa shape index (κ2) is 8.29. The van der Waals surface area contributed by atoms with Crippen LogP contribution in [0.2, 0.25) is 10.0 Å². The molecule has 0 unspecified atom stereocenters. The third-order valence-electron chi connectivity index (χ3n) is 4.61. The quantitative estimate of drug-likeness (QED) is 0.766. The number of carboxylic acids is 1. The summed E-state index contributed by atoms with van der Waals surface area (Å²) in [7, 11) is -3.70. The predicted molar refractivity (Wildman–Crippen MR) is 110 cm³/mol. The molecule has 1 saturated heterocycles. The number of piperazine rings is 1. The lowest BCUT2D eigenvalue weighted by atomic mass is 10.1. The molecule has 1 heterocycles. The number of carboxylic acid groups (broad SMARTS) is 1. The Hall–Kier alpha value is -1.80. The Bertz CT molecular complexity index is 1000. The Morgan fingerprint density at radius 3 is 2.32 bits per heavy atom. The van der Waals surface area contributed by atoms with Crippen molar-refractivity contribution >= 4 is 44.9 Å². The number of sulfonamides is 1. The van der Waals surface area contributed by atoms with E-state index < -0.39 is 16.0 Å². The number of aryl methyl sites for hydroxylation is 1. The molecule has 3 rings (SSSR count). The van der Waals surface area contributed by atoms with Crippen molar-refractivity contribution in [1.29, 1.82) is 0 Å². The van der Waals surface area contributed by atoms with E-state index in [-0.39, 0.29) is 11.3 Å². The fraction of sp³-hybridized carbons (Fsp3) is 0.316. The normalized spacial score (nSPS) is 15.6. The van der Waals surface area contributed by atoms with Crippen molar-refractivity contribution in [2.45, 2.75) is 18.2 Å². The summed E-state index contributed by atoms with van der Waals surface area (Å²) in [6, 6.07) is 10.1. The molecule has 0 aliphatic carbocycles. The molecule has 1 aliphatic heterocycles. The van der Waals surface area contributed by atoms with Gasteiger partial charge in [0.1, 0.15) is 0 Å². The van der Waals surface area contributed by atoms with Crippen molar-refractivity contribution < 1.29 is 18.3 Å². The maximum atomic E-state index is 13.0. The van der Waals surface area contributed by atoms with Crippen LogP contribution >= 0.6 is 23.2 Å². The Morgan fingerprint density at radius 2 is 1.71 bits per heavy atom. The summed E-state index contributed by atoms with van der Waals surface area (Å²) in [5.74, 6) is -0.996. The lowest BCUT2D eigenvalue weighted by Crippen LogP contribution is -2.48. The molecule has 0 aromatic heterocycles. The summed E-state index contributed by atoms with van der Waals surface area (Å²) in [6.45, 7) is 3.44. The van der Waals surface area contributed by atoms with Gasteiger partial charge in [-0.3, -0.25) is 4.79 Å². The summed E-state index contributed by atoms with van der Waals surface area (Å²) in [5.41, 5.74) is 2.08. The highest BCUT2D eigenvalue weighted by Crippen LogP contribution is 2.28. The highest BCUT2D eigenvalue weighted by molar-refractivity contribution is 7.89. The number of nitrogens with zero attached hydrogens (tertiary/aromatic N) is 2. The first-order chi connectivity index (χ1) is 13.2. The molecular weight excluding hydrogens is 423 g/mol. The molecule has 0 amide bonds. The number of aliphatic carboxylic acids is 1. The molecule has 2 aromatic carbocycles. The zero-order valence-corrected chi connectivity index (χ0v) is 17.6. The first kappa shape index (κ1) is 20.9. The Labute approximate surface area is 174 Å². The minimum absolute atomic E-state index is 0.131. The molecular formula is C19H20Cl2N2O4S. The predicted octanol–water partition coefficient (Wildman–Crippen LogP) is 3.44. The molecule has 1 aliphatic rings. The summed E-state index contributed by atoms with van der Waals surface area (Å²) < 4.78 is 27.5. The first-order valence-corrected chi connectivity index (χ1v) is 10.9. The standard InChI is InChI=1S/C19H20Cl2N2O4S/c1-13-8-14(11-19(24)25)10-16(9-13)28(26,27)23-6-4-22(5-7-23)15-2-3-17(20)18(21)12-15/h2-3,8-10,12H,4-7,11H2,1H3,(H,24,25). The molecule has 150 valence electrons. The maximum absolute atomic E-state index is 13.0. The zero-order valence-electron chi connectivity index (χ0n) is 15.2. The third-order valence-corrected chi connectivity index (χ3v) is 7.23. The van der Waals surface area contributed by atoms with Crippen molar-refractivity contribution in [3.8, 4) is 0 Å². The molecule has 0 radical (unpaired) electrons. The van der Waals surface area contributed by atoms with Gasteiger partial charge < -0.3 is 10.0 Å². The second-order valence-corrected chi connectivity index (χ2v) is 9.47. The van der Waals surface area contributed by atoms with Gasteiger partial charge in [0.15, 0.2) is 0 Å². The smallest absolute Gasteiger partial charge is 0.307 e. The summed E-state index contributed by atoms with van der Waals surface area (Å²) in [5, 5.41) is 9.92. The van der Waals surface area contributed by atoms with Gasteiger partial charge >= 0.3 is 5.97 Å². The van der Waals surface area contributed by atoms with Crippen molar-refractivity contribution in [3.63, 3.8) is 0 Å². The van der Waals surface area contributed by atoms with Crippen LogP contribution in [-0.2, 0) is 21.2 Å². The summed E-state index contributed by atoms with van der Waals surface area (Å²) in [4.78, 5) is 13.2. The average molecular weight is 443 g/mol. The molecule has 1 fully saturated rings. The number of hydrogen-bond donors (Lipinski definition) is 1. The van der Waals surface area contributed by atoms with Crippen LogP contribution in [0.1, 0.15) is 11.1 Å². The lowest BCUT2D eigenvalue weighted by Gasteiger charge is -2.35. The van der Waals surface area contributed by atoms with Crippen LogP contribution < -0.4 is 4.90 Å². The SMILES string of the molecule is Cc1cc(CC(=O)O)cc(S(=O)(=O)N2CCN(c3ccc(Cl)c(Cl)c3)CC2)c1. The van der Waals surface area contributed by atoms with Gasteiger partial charge in [0.05, 0.1) is 21.4 Å². The van der Waals surface area contributed by atoms with Crippen molar-refractivity contribution in [2.75, 3.05) is 31.1 Å². The van der Waals surface area contributed by atoms with Gasteiger partial charge in [0.25, 0.3) is 0 Å². The van der Waals surface area contributed by atoms with E-state index in [0.29, 0.717) is 47.4 Å². The molecule has 9 heteroatoms. The van der Waals surface area contributed by atoms with Crippen LogP contribution in [0.15, 0.2) is 41.3 Å². The molecule has 6 nitrogen and oxygen atoms in total. The van der Waals surface area contributed by atoms with E-state index in [0.717, 1.165) is 5.69 Å². The summed E-state index contributed by atoms with van der Waals surface area (Å²) >= 11 is 12.0. The fourth-order valence-corrected chi connectivity index (χ4v) is 5.14. The van der Waals surface area contributed by atoms with Gasteiger partial charge in [-0.15, -0.1) is 0 Å². The van der Waals surface area contributed by atoms with Gasteiger partial charge in [0.2, 0.25) is 10.0 Å². The Morgan fingerprint density at radius 1 is 1.04 bits per heavy atom. The van der Waals surface area contributed by atoms with Gasteiger partial charge in [-0.25, -0.2) is 8.42 Å². The number of halogens is 2. The van der Waals surface area contributed by atoms with E-state index in [2.05, 4.69) is 4.90 Å². The number of rotatable bonds is 5. The van der Waals surface area contributed by atoms with Crippen LogP contribution in [-0.4, -0.2) is 50.0 Å². The number of carbonyl (C=O) groups is 1. The number of benzene rings is 2. The van der Waals surface area contributed by atoms with Crippen LogP contribution in [0, 0.1) is 6.92 Å². The van der Waals surface area contributed by atoms with E-state index in [1.165, 1.54) is 10.4 Å². The maximum Gasteiger partial charge on any atom is 0.307 e. The number of hydrogen-bond acceptors (Lipinski definition) is 4. The first-order valence-electron chi connectivity index (χ1n) is 8.69. The van der Waals surface area contributed by atoms with E-state index in [1.807, 2.05) is 6.07 Å². The van der Waals surface area contributed by atoms with Gasteiger partial charge in [0, 0.05) is 31.9 Å². The molecule has 0 spiro atoms. The van der Waals surface area contributed by atoms with E-state index in [1.54, 1.807) is 31.2 Å². The zero-order chi connectivity index (χ0) is 20.5. The Kier molecular flexibility index (Phi) is 6.19. The highest BCUT2D eigenvalue weighted by Gasteiger charge is 2.29. The average Bonchev–Trinajstić information content (AvgIpc) is 2.63. The van der Waals surface area contributed by atoms with Crippen LogP contribution in [0.25, 0.3) is 0 Å². The fourth-order valence-electron chi connectivity index (χ4n) is 3.27. The topological polar surface area (TPSA) is 77.9 Å². The molecule has 1 N–H and O–H groups in total. The Balaban J connectivity index is 1.76.